The number of nitrogen functional groups attached to an aromatic ring is 1. The van der Waals surface area contributed by atoms with Crippen molar-refractivity contribution in [2.75, 3.05) is 12.8 Å². The lowest BCUT2D eigenvalue weighted by Crippen LogP contribution is -2.02. The zero-order valence-corrected chi connectivity index (χ0v) is 11.1. The lowest BCUT2D eigenvalue weighted by Gasteiger charge is -2.11. The first-order valence-corrected chi connectivity index (χ1v) is 5.78. The van der Waals surface area contributed by atoms with E-state index in [1.165, 1.54) is 0 Å². The van der Waals surface area contributed by atoms with E-state index in [-0.39, 0.29) is 0 Å². The molecule has 0 bridgehead atoms. The van der Waals surface area contributed by atoms with Gasteiger partial charge in [-0.2, -0.15) is 0 Å². The third-order valence-corrected chi connectivity index (χ3v) is 2.91. The quantitative estimate of drug-likeness (QED) is 0.880. The molecule has 0 saturated carbocycles. The average molecular weight is 243 g/mol. The lowest BCUT2D eigenvalue weighted by atomic mass is 10.0. The third-order valence-electron chi connectivity index (χ3n) is 2.91. The number of rotatable bonds is 2. The number of hydrogen-bond donors (Lipinski definition) is 1. The second-order valence-corrected chi connectivity index (χ2v) is 4.30. The minimum absolute atomic E-state index is 0.518. The van der Waals surface area contributed by atoms with Gasteiger partial charge in [-0.05, 0) is 44.0 Å². The largest absolute Gasteiger partial charge is 0.496 e. The van der Waals surface area contributed by atoms with Crippen molar-refractivity contribution in [3.63, 3.8) is 0 Å². The van der Waals surface area contributed by atoms with Gasteiger partial charge in [-0.25, -0.2) is 9.97 Å². The van der Waals surface area contributed by atoms with Crippen LogP contribution >= 0.6 is 0 Å². The highest BCUT2D eigenvalue weighted by molar-refractivity contribution is 5.76. The molecule has 4 nitrogen and oxygen atoms in total. The van der Waals surface area contributed by atoms with Gasteiger partial charge in [-0.15, -0.1) is 0 Å². The molecule has 18 heavy (non-hydrogen) atoms. The number of hydrogen-bond acceptors (Lipinski definition) is 4. The van der Waals surface area contributed by atoms with Gasteiger partial charge in [0.05, 0.1) is 12.8 Å². The molecule has 2 aromatic rings. The van der Waals surface area contributed by atoms with Gasteiger partial charge in [-0.1, -0.05) is 6.07 Å². The summed E-state index contributed by atoms with van der Waals surface area (Å²) in [5, 5.41) is 0. The summed E-state index contributed by atoms with van der Waals surface area (Å²) in [6, 6.07) is 5.95. The summed E-state index contributed by atoms with van der Waals surface area (Å²) in [4.78, 5) is 8.58. The number of anilines is 1. The normalized spacial score (nSPS) is 10.4. The van der Waals surface area contributed by atoms with Crippen molar-refractivity contribution >= 4 is 5.82 Å². The molecule has 1 aromatic heterocycles. The first-order valence-electron chi connectivity index (χ1n) is 5.78. The number of ether oxygens (including phenoxy) is 1. The van der Waals surface area contributed by atoms with Gasteiger partial charge in [-0.3, -0.25) is 0 Å². The smallest absolute Gasteiger partial charge is 0.135 e. The molecule has 94 valence electrons. The van der Waals surface area contributed by atoms with Crippen LogP contribution in [0.2, 0.25) is 0 Å². The van der Waals surface area contributed by atoms with Gasteiger partial charge in [0, 0.05) is 5.56 Å². The van der Waals surface area contributed by atoms with E-state index in [0.29, 0.717) is 11.6 Å². The van der Waals surface area contributed by atoms with E-state index in [2.05, 4.69) is 9.97 Å². The van der Waals surface area contributed by atoms with Crippen LogP contribution in [0, 0.1) is 20.8 Å². The number of methoxy groups -OCH3 is 1. The van der Waals surface area contributed by atoms with Crippen molar-refractivity contribution in [1.82, 2.24) is 9.97 Å². The van der Waals surface area contributed by atoms with Crippen LogP contribution in [0.1, 0.15) is 17.1 Å². The average Bonchev–Trinajstić information content (AvgIpc) is 2.27. The maximum Gasteiger partial charge on any atom is 0.135 e. The predicted molar refractivity (Wildman–Crippen MR) is 72.6 cm³/mol. The number of aryl methyl sites for hydroxylation is 3. The summed E-state index contributed by atoms with van der Waals surface area (Å²) in [5.41, 5.74) is 9.86. The standard InChI is InChI=1S/C14H17N3O/c1-8-7-11(5-6-12(8)18-4)13-9(2)16-10(3)17-14(13)15/h5-7H,1-4H3,(H2,15,16,17). The summed E-state index contributed by atoms with van der Waals surface area (Å²) < 4.78 is 5.25. The minimum atomic E-state index is 0.518. The highest BCUT2D eigenvalue weighted by Crippen LogP contribution is 2.30. The summed E-state index contributed by atoms with van der Waals surface area (Å²) in [5.74, 6) is 2.08. The Kier molecular flexibility index (Phi) is 3.19. The molecule has 0 aliphatic carbocycles. The molecule has 0 radical (unpaired) electrons. The molecule has 0 atom stereocenters. The van der Waals surface area contributed by atoms with Crippen LogP contribution in [0.15, 0.2) is 18.2 Å². The van der Waals surface area contributed by atoms with Crippen LogP contribution in [0.25, 0.3) is 11.1 Å². The first kappa shape index (κ1) is 12.4. The molecule has 0 saturated heterocycles. The van der Waals surface area contributed by atoms with Crippen LogP contribution in [0.4, 0.5) is 5.82 Å². The van der Waals surface area contributed by atoms with Crippen LogP contribution in [-0.2, 0) is 0 Å². The molecular weight excluding hydrogens is 226 g/mol. The fourth-order valence-corrected chi connectivity index (χ4v) is 2.13. The minimum Gasteiger partial charge on any atom is -0.496 e. The molecule has 0 unspecified atom stereocenters. The molecule has 1 heterocycles. The Balaban J connectivity index is 2.59. The van der Waals surface area contributed by atoms with E-state index in [1.54, 1.807) is 7.11 Å². The molecule has 0 aliphatic heterocycles. The van der Waals surface area contributed by atoms with Crippen molar-refractivity contribution in [3.8, 4) is 16.9 Å². The molecule has 0 amide bonds. The fourth-order valence-electron chi connectivity index (χ4n) is 2.13. The van der Waals surface area contributed by atoms with Crippen LogP contribution in [0.5, 0.6) is 5.75 Å². The molecule has 2 N–H and O–H groups in total. The Hall–Kier alpha value is -2.10. The molecule has 1 aromatic carbocycles. The van der Waals surface area contributed by atoms with Crippen LogP contribution in [0.3, 0.4) is 0 Å². The fraction of sp³-hybridized carbons (Fsp3) is 0.286. The van der Waals surface area contributed by atoms with Crippen LogP contribution < -0.4 is 10.5 Å². The Bertz CT molecular complexity index is 571. The Morgan fingerprint density at radius 1 is 1.11 bits per heavy atom. The van der Waals surface area contributed by atoms with Crippen molar-refractivity contribution in [3.05, 3.63) is 35.3 Å². The van der Waals surface area contributed by atoms with Gasteiger partial charge in [0.25, 0.3) is 0 Å². The molecule has 0 aliphatic rings. The highest BCUT2D eigenvalue weighted by Gasteiger charge is 2.11. The van der Waals surface area contributed by atoms with Gasteiger partial charge in [0.1, 0.15) is 17.4 Å². The van der Waals surface area contributed by atoms with Gasteiger partial charge >= 0.3 is 0 Å². The molecule has 0 fully saturated rings. The van der Waals surface area contributed by atoms with Crippen molar-refractivity contribution < 1.29 is 4.74 Å². The van der Waals surface area contributed by atoms with Gasteiger partial charge in [0.15, 0.2) is 0 Å². The van der Waals surface area contributed by atoms with Crippen molar-refractivity contribution in [2.24, 2.45) is 0 Å². The van der Waals surface area contributed by atoms with E-state index in [0.717, 1.165) is 28.1 Å². The Morgan fingerprint density at radius 3 is 2.39 bits per heavy atom. The SMILES string of the molecule is COc1ccc(-c2c(C)nc(C)nc2N)cc1C. The van der Waals surface area contributed by atoms with Crippen molar-refractivity contribution in [2.45, 2.75) is 20.8 Å². The molecule has 0 spiro atoms. The third kappa shape index (κ3) is 2.14. The summed E-state index contributed by atoms with van der Waals surface area (Å²) in [6.45, 7) is 5.79. The monoisotopic (exact) mass is 243 g/mol. The molecular formula is C14H17N3O. The summed E-state index contributed by atoms with van der Waals surface area (Å²) >= 11 is 0. The maximum absolute atomic E-state index is 5.99. The van der Waals surface area contributed by atoms with Gasteiger partial charge < -0.3 is 10.5 Å². The summed E-state index contributed by atoms with van der Waals surface area (Å²) in [6.07, 6.45) is 0. The van der Waals surface area contributed by atoms with Crippen molar-refractivity contribution in [1.29, 1.82) is 0 Å². The molecule has 2 rings (SSSR count). The number of nitrogens with two attached hydrogens (primary N) is 1. The van der Waals surface area contributed by atoms with Crippen LogP contribution in [-0.4, -0.2) is 17.1 Å². The first-order chi connectivity index (χ1) is 8.52. The zero-order chi connectivity index (χ0) is 13.3. The number of aromatic nitrogens is 2. The number of nitrogens with zero attached hydrogens (tertiary/aromatic N) is 2. The van der Waals surface area contributed by atoms with Gasteiger partial charge in [0.2, 0.25) is 0 Å². The van der Waals surface area contributed by atoms with E-state index in [4.69, 9.17) is 10.5 Å². The van der Waals surface area contributed by atoms with E-state index < -0.39 is 0 Å². The second kappa shape index (κ2) is 4.64. The number of benzene rings is 1. The Labute approximate surface area is 107 Å². The lowest BCUT2D eigenvalue weighted by molar-refractivity contribution is 0.412. The van der Waals surface area contributed by atoms with E-state index in [1.807, 2.05) is 39.0 Å². The maximum atomic E-state index is 5.99. The zero-order valence-electron chi connectivity index (χ0n) is 11.1. The summed E-state index contributed by atoms with van der Waals surface area (Å²) in [7, 11) is 1.66. The second-order valence-electron chi connectivity index (χ2n) is 4.30. The predicted octanol–water partition coefficient (Wildman–Crippen LogP) is 2.66. The Morgan fingerprint density at radius 2 is 1.83 bits per heavy atom. The highest BCUT2D eigenvalue weighted by atomic mass is 16.5. The topological polar surface area (TPSA) is 61.0 Å². The van der Waals surface area contributed by atoms with E-state index in [9.17, 15) is 0 Å². The molecule has 4 heteroatoms. The van der Waals surface area contributed by atoms with E-state index >= 15 is 0 Å².